The van der Waals surface area contributed by atoms with Gasteiger partial charge in [-0.15, -0.1) is 0 Å². The molecule has 2 aromatic carbocycles. The van der Waals surface area contributed by atoms with E-state index in [0.717, 1.165) is 0 Å². The maximum atomic E-state index is 11.7. The van der Waals surface area contributed by atoms with E-state index in [2.05, 4.69) is 5.32 Å². The van der Waals surface area contributed by atoms with Crippen LogP contribution in [0.25, 0.3) is 0 Å². The average Bonchev–Trinajstić information content (AvgIpc) is 2.54. The quantitative estimate of drug-likeness (QED) is 0.628. The molecule has 0 aromatic heterocycles. The lowest BCUT2D eigenvalue weighted by Gasteiger charge is -2.20. The molecule has 0 fully saturated rings. The minimum atomic E-state index is -1.26. The number of carboxylic acids is 2. The molecule has 0 aliphatic rings. The fraction of sp³-hybridized carbons (Fsp3) is 0.176. The molecule has 5 nitrogen and oxygen atoms in total. The highest BCUT2D eigenvalue weighted by molar-refractivity contribution is 6.36. The normalized spacial score (nSPS) is 13.1. The first kappa shape index (κ1) is 19.4. The molecule has 25 heavy (non-hydrogen) atoms. The number of carbonyl (C=O) groups is 2. The molecule has 0 radical (unpaired) electrons. The second kappa shape index (κ2) is 7.95. The van der Waals surface area contributed by atoms with Crippen molar-refractivity contribution in [3.05, 3.63) is 62.6 Å². The fourth-order valence-corrected chi connectivity index (χ4v) is 3.05. The van der Waals surface area contributed by atoms with Crippen LogP contribution in [0.3, 0.4) is 0 Å². The number of halogens is 3. The first-order chi connectivity index (χ1) is 11.7. The van der Waals surface area contributed by atoms with Gasteiger partial charge in [0.1, 0.15) is 0 Å². The van der Waals surface area contributed by atoms with Crippen LogP contribution in [0, 0.1) is 0 Å². The molecule has 0 bridgehead atoms. The van der Waals surface area contributed by atoms with E-state index in [-0.39, 0.29) is 26.3 Å². The van der Waals surface area contributed by atoms with Crippen molar-refractivity contribution in [3.63, 3.8) is 0 Å². The van der Waals surface area contributed by atoms with E-state index in [0.29, 0.717) is 5.56 Å². The smallest absolute Gasteiger partial charge is 0.330 e. The zero-order valence-corrected chi connectivity index (χ0v) is 15.2. The summed E-state index contributed by atoms with van der Waals surface area (Å²) in [6.45, 7) is 1.52. The summed E-state index contributed by atoms with van der Waals surface area (Å²) in [4.78, 5) is 22.9. The second-order valence-electron chi connectivity index (χ2n) is 5.35. The summed E-state index contributed by atoms with van der Waals surface area (Å²) in [7, 11) is 0. The lowest BCUT2D eigenvalue weighted by atomic mass is 10.00. The van der Waals surface area contributed by atoms with Gasteiger partial charge in [0.05, 0.1) is 16.6 Å². The Hall–Kier alpha value is -1.95. The Morgan fingerprint density at radius 1 is 0.960 bits per heavy atom. The van der Waals surface area contributed by atoms with Crippen molar-refractivity contribution in [2.45, 2.75) is 18.9 Å². The fourth-order valence-electron chi connectivity index (χ4n) is 2.26. The van der Waals surface area contributed by atoms with Gasteiger partial charge in [0.25, 0.3) is 0 Å². The number of nitrogens with one attached hydrogen (secondary N) is 1. The summed E-state index contributed by atoms with van der Waals surface area (Å²) < 4.78 is 0. The second-order valence-corrected chi connectivity index (χ2v) is 6.57. The molecule has 0 aliphatic carbocycles. The molecular weight excluding hydrogens is 389 g/mol. The third-order valence-corrected chi connectivity index (χ3v) is 4.68. The lowest BCUT2D eigenvalue weighted by Crippen LogP contribution is -2.21. The van der Waals surface area contributed by atoms with Crippen LogP contribution in [0.1, 0.15) is 30.0 Å². The van der Waals surface area contributed by atoms with E-state index < -0.39 is 23.9 Å². The van der Waals surface area contributed by atoms with Crippen LogP contribution < -0.4 is 5.32 Å². The highest BCUT2D eigenvalue weighted by atomic mass is 35.5. The minimum absolute atomic E-state index is 0.193. The Labute approximate surface area is 159 Å². The van der Waals surface area contributed by atoms with Crippen molar-refractivity contribution < 1.29 is 19.8 Å². The van der Waals surface area contributed by atoms with Gasteiger partial charge in [-0.05, 0) is 36.8 Å². The molecule has 2 rings (SSSR count). The van der Waals surface area contributed by atoms with Gasteiger partial charge in [0.15, 0.2) is 6.04 Å². The molecule has 0 saturated carbocycles. The van der Waals surface area contributed by atoms with Gasteiger partial charge in [-0.1, -0.05) is 46.9 Å². The van der Waals surface area contributed by atoms with Crippen molar-refractivity contribution in [2.24, 2.45) is 0 Å². The topological polar surface area (TPSA) is 86.6 Å². The Morgan fingerprint density at radius 3 is 2.08 bits per heavy atom. The van der Waals surface area contributed by atoms with Crippen LogP contribution in [-0.4, -0.2) is 22.2 Å². The van der Waals surface area contributed by atoms with Gasteiger partial charge in [0.2, 0.25) is 0 Å². The molecule has 0 amide bonds. The Balaban J connectivity index is 2.46. The number of carboxylic acid groups (broad SMARTS) is 2. The van der Waals surface area contributed by atoms with Crippen LogP contribution in [0.15, 0.2) is 36.4 Å². The average molecular weight is 403 g/mol. The van der Waals surface area contributed by atoms with E-state index >= 15 is 0 Å². The van der Waals surface area contributed by atoms with E-state index in [1.807, 2.05) is 0 Å². The highest BCUT2D eigenvalue weighted by Crippen LogP contribution is 2.35. The third kappa shape index (κ3) is 4.37. The number of hydrogen-bond acceptors (Lipinski definition) is 3. The standard InChI is InChI=1S/C17H14Cl3NO4/c1-8(16(22)23)9-5-6-10(18)13(7-9)21-15(17(24)25)14-11(19)3-2-4-12(14)20/h2-8,15,21H,1H3,(H,22,23)(H,24,25). The van der Waals surface area contributed by atoms with Crippen LogP contribution in [-0.2, 0) is 9.59 Å². The molecule has 0 saturated heterocycles. The maximum Gasteiger partial charge on any atom is 0.330 e. The molecular formula is C17H14Cl3NO4. The lowest BCUT2D eigenvalue weighted by molar-refractivity contribution is -0.139. The van der Waals surface area contributed by atoms with Crippen molar-refractivity contribution in [1.82, 2.24) is 0 Å². The Bertz CT molecular complexity index is 805. The number of rotatable bonds is 6. The zero-order chi connectivity index (χ0) is 18.7. The molecule has 3 N–H and O–H groups in total. The van der Waals surface area contributed by atoms with E-state index in [4.69, 9.17) is 39.9 Å². The van der Waals surface area contributed by atoms with Gasteiger partial charge >= 0.3 is 11.9 Å². The van der Waals surface area contributed by atoms with Crippen molar-refractivity contribution in [3.8, 4) is 0 Å². The molecule has 0 spiro atoms. The molecule has 2 aromatic rings. The molecule has 132 valence electrons. The Morgan fingerprint density at radius 2 is 1.56 bits per heavy atom. The predicted molar refractivity (Wildman–Crippen MR) is 98.0 cm³/mol. The third-order valence-electron chi connectivity index (χ3n) is 3.70. The first-order valence-electron chi connectivity index (χ1n) is 7.18. The summed E-state index contributed by atoms with van der Waals surface area (Å²) in [5, 5.41) is 22.1. The Kier molecular flexibility index (Phi) is 6.16. The van der Waals surface area contributed by atoms with E-state index in [9.17, 15) is 14.7 Å². The largest absolute Gasteiger partial charge is 0.481 e. The van der Waals surface area contributed by atoms with Crippen LogP contribution in [0.5, 0.6) is 0 Å². The summed E-state index contributed by atoms with van der Waals surface area (Å²) in [5.41, 5.74) is 0.954. The van der Waals surface area contributed by atoms with Crippen LogP contribution in [0.2, 0.25) is 15.1 Å². The van der Waals surface area contributed by atoms with Crippen LogP contribution >= 0.6 is 34.8 Å². The monoisotopic (exact) mass is 401 g/mol. The summed E-state index contributed by atoms with van der Waals surface area (Å²) >= 11 is 18.3. The van der Waals surface area contributed by atoms with Crippen molar-refractivity contribution >= 4 is 52.4 Å². The summed E-state index contributed by atoms with van der Waals surface area (Å²) in [6, 6.07) is 8.00. The molecule has 0 heterocycles. The van der Waals surface area contributed by atoms with E-state index in [1.54, 1.807) is 12.1 Å². The minimum Gasteiger partial charge on any atom is -0.481 e. The van der Waals surface area contributed by atoms with Crippen LogP contribution in [0.4, 0.5) is 5.69 Å². The summed E-state index contributed by atoms with van der Waals surface area (Å²) in [5.74, 6) is -2.98. The van der Waals surface area contributed by atoms with Gasteiger partial charge in [0, 0.05) is 15.6 Å². The van der Waals surface area contributed by atoms with Crippen molar-refractivity contribution in [1.29, 1.82) is 0 Å². The molecule has 8 heteroatoms. The van der Waals surface area contributed by atoms with Gasteiger partial charge < -0.3 is 15.5 Å². The van der Waals surface area contributed by atoms with Crippen molar-refractivity contribution in [2.75, 3.05) is 5.32 Å². The van der Waals surface area contributed by atoms with Gasteiger partial charge in [-0.3, -0.25) is 4.79 Å². The number of aliphatic carboxylic acids is 2. The molecule has 2 atom stereocenters. The number of hydrogen-bond donors (Lipinski definition) is 3. The number of anilines is 1. The first-order valence-corrected chi connectivity index (χ1v) is 8.31. The van der Waals surface area contributed by atoms with E-state index in [1.165, 1.54) is 31.2 Å². The van der Waals surface area contributed by atoms with Gasteiger partial charge in [-0.25, -0.2) is 4.79 Å². The maximum absolute atomic E-state index is 11.7. The highest BCUT2D eigenvalue weighted by Gasteiger charge is 2.26. The molecule has 2 unspecified atom stereocenters. The summed E-state index contributed by atoms with van der Waals surface area (Å²) in [6.07, 6.45) is 0. The molecule has 0 aliphatic heterocycles. The number of benzene rings is 2. The predicted octanol–water partition coefficient (Wildman–Crippen LogP) is 5.07. The van der Waals surface area contributed by atoms with Gasteiger partial charge in [-0.2, -0.15) is 0 Å². The zero-order valence-electron chi connectivity index (χ0n) is 13.0. The SMILES string of the molecule is CC(C(=O)O)c1ccc(Cl)c(NC(C(=O)O)c2c(Cl)cccc2Cl)c1.